The minimum absolute atomic E-state index is 0. The first-order chi connectivity index (χ1) is 13.2. The first kappa shape index (κ1) is 24.4. The van der Waals surface area contributed by atoms with E-state index in [9.17, 15) is 4.79 Å². The third-order valence-electron chi connectivity index (χ3n) is 4.63. The van der Waals surface area contributed by atoms with Gasteiger partial charge in [-0.2, -0.15) is 0 Å². The summed E-state index contributed by atoms with van der Waals surface area (Å²) in [5.41, 5.74) is 0.595. The van der Waals surface area contributed by atoms with Gasteiger partial charge >= 0.3 is 0 Å². The molecule has 160 valence electrons. The molecule has 0 spiro atoms. The lowest BCUT2D eigenvalue weighted by atomic mass is 10.0. The second-order valence-electron chi connectivity index (χ2n) is 6.58. The molecule has 7 heteroatoms. The van der Waals surface area contributed by atoms with E-state index >= 15 is 0 Å². The van der Waals surface area contributed by atoms with E-state index in [-0.39, 0.29) is 24.4 Å². The van der Waals surface area contributed by atoms with Crippen LogP contribution in [0.25, 0.3) is 0 Å². The molecular formula is C21H35ClN2O4. The van der Waals surface area contributed by atoms with Crippen LogP contribution in [0.3, 0.4) is 0 Å². The number of ether oxygens (including phenoxy) is 3. The molecule has 0 radical (unpaired) electrons. The summed E-state index contributed by atoms with van der Waals surface area (Å²) in [7, 11) is 0. The Hall–Kier alpha value is -1.66. The highest BCUT2D eigenvalue weighted by atomic mass is 35.5. The summed E-state index contributed by atoms with van der Waals surface area (Å²) in [6.07, 6.45) is 2.90. The van der Waals surface area contributed by atoms with Gasteiger partial charge in [0.25, 0.3) is 5.91 Å². The van der Waals surface area contributed by atoms with Crippen molar-refractivity contribution in [2.45, 2.75) is 53.0 Å². The van der Waals surface area contributed by atoms with Crippen molar-refractivity contribution in [2.75, 3.05) is 39.5 Å². The van der Waals surface area contributed by atoms with Crippen molar-refractivity contribution >= 4 is 18.3 Å². The monoisotopic (exact) mass is 414 g/mol. The molecule has 0 atom stereocenters. The molecule has 1 saturated heterocycles. The van der Waals surface area contributed by atoms with Crippen LogP contribution in [0.1, 0.15) is 57.3 Å². The van der Waals surface area contributed by atoms with Gasteiger partial charge in [-0.1, -0.05) is 6.92 Å². The maximum absolute atomic E-state index is 13.4. The van der Waals surface area contributed by atoms with Gasteiger partial charge in [0.15, 0.2) is 11.5 Å². The SMILES string of the molecule is CCCN(C(=O)c1cc(OCC)c(OCC)c(OCC)c1)C1CCNCC1.Cl. The third-order valence-corrected chi connectivity index (χ3v) is 4.63. The van der Waals surface area contributed by atoms with Gasteiger partial charge in [-0.05, 0) is 65.3 Å². The number of hydrogen-bond donors (Lipinski definition) is 1. The van der Waals surface area contributed by atoms with Crippen LogP contribution >= 0.6 is 12.4 Å². The Labute approximate surface area is 175 Å². The maximum Gasteiger partial charge on any atom is 0.254 e. The standard InChI is InChI=1S/C21H34N2O4.ClH/c1-5-13-23(17-9-11-22-12-10-17)21(24)16-14-18(25-6-2)20(27-8-4)19(15-16)26-7-3;/h14-15,17,22H,5-13H2,1-4H3;1H. The van der Waals surface area contributed by atoms with Gasteiger partial charge in [0.05, 0.1) is 19.8 Å². The fourth-order valence-electron chi connectivity index (χ4n) is 3.49. The van der Waals surface area contributed by atoms with Gasteiger partial charge in [0, 0.05) is 18.2 Å². The lowest BCUT2D eigenvalue weighted by molar-refractivity contribution is 0.0641. The van der Waals surface area contributed by atoms with E-state index in [0.29, 0.717) is 42.6 Å². The van der Waals surface area contributed by atoms with Crippen molar-refractivity contribution in [1.29, 1.82) is 0 Å². The van der Waals surface area contributed by atoms with Crippen molar-refractivity contribution < 1.29 is 19.0 Å². The van der Waals surface area contributed by atoms with Crippen LogP contribution in [0.5, 0.6) is 17.2 Å². The molecule has 28 heavy (non-hydrogen) atoms. The van der Waals surface area contributed by atoms with Crippen LogP contribution < -0.4 is 19.5 Å². The van der Waals surface area contributed by atoms with E-state index in [0.717, 1.165) is 38.9 Å². The summed E-state index contributed by atoms with van der Waals surface area (Å²) in [6.45, 7) is 12.0. The van der Waals surface area contributed by atoms with Crippen LogP contribution in [0.15, 0.2) is 12.1 Å². The summed E-state index contributed by atoms with van der Waals surface area (Å²) in [5, 5.41) is 3.37. The van der Waals surface area contributed by atoms with E-state index in [1.54, 1.807) is 12.1 Å². The predicted octanol–water partition coefficient (Wildman–Crippen LogP) is 3.91. The summed E-state index contributed by atoms with van der Waals surface area (Å²) >= 11 is 0. The van der Waals surface area contributed by atoms with Crippen molar-refractivity contribution in [3.05, 3.63) is 17.7 Å². The first-order valence-corrected chi connectivity index (χ1v) is 10.2. The molecule has 1 aliphatic rings. The second kappa shape index (κ2) is 12.7. The number of benzene rings is 1. The molecule has 1 heterocycles. The molecule has 0 unspecified atom stereocenters. The average Bonchev–Trinajstić information content (AvgIpc) is 2.69. The Morgan fingerprint density at radius 2 is 1.54 bits per heavy atom. The number of carbonyl (C=O) groups excluding carboxylic acids is 1. The Balaban J connectivity index is 0.00000392. The van der Waals surface area contributed by atoms with Crippen LogP contribution in [0.2, 0.25) is 0 Å². The molecule has 0 saturated carbocycles. The molecule has 1 aliphatic heterocycles. The van der Waals surface area contributed by atoms with Crippen LogP contribution in [0.4, 0.5) is 0 Å². The smallest absolute Gasteiger partial charge is 0.254 e. The zero-order chi connectivity index (χ0) is 19.6. The summed E-state index contributed by atoms with van der Waals surface area (Å²) < 4.78 is 17.3. The van der Waals surface area contributed by atoms with Crippen LogP contribution in [-0.4, -0.2) is 56.3 Å². The zero-order valence-corrected chi connectivity index (χ0v) is 18.4. The largest absolute Gasteiger partial charge is 0.490 e. The average molecular weight is 415 g/mol. The lowest BCUT2D eigenvalue weighted by Gasteiger charge is -2.35. The van der Waals surface area contributed by atoms with Gasteiger partial charge in [-0.25, -0.2) is 0 Å². The van der Waals surface area contributed by atoms with Gasteiger partial charge in [-0.3, -0.25) is 4.79 Å². The molecule has 1 aromatic carbocycles. The number of carbonyl (C=O) groups is 1. The number of nitrogens with one attached hydrogen (secondary N) is 1. The summed E-state index contributed by atoms with van der Waals surface area (Å²) in [6, 6.07) is 3.86. The minimum Gasteiger partial charge on any atom is -0.490 e. The highest BCUT2D eigenvalue weighted by molar-refractivity contribution is 5.96. The van der Waals surface area contributed by atoms with E-state index in [4.69, 9.17) is 14.2 Å². The molecule has 0 bridgehead atoms. The third kappa shape index (κ3) is 6.17. The highest BCUT2D eigenvalue weighted by Gasteiger charge is 2.27. The van der Waals surface area contributed by atoms with E-state index in [1.165, 1.54) is 0 Å². The van der Waals surface area contributed by atoms with Crippen LogP contribution in [-0.2, 0) is 0 Å². The van der Waals surface area contributed by atoms with Crippen LogP contribution in [0, 0.1) is 0 Å². The quantitative estimate of drug-likeness (QED) is 0.629. The van der Waals surface area contributed by atoms with Crippen molar-refractivity contribution in [3.63, 3.8) is 0 Å². The normalized spacial score (nSPS) is 14.1. The predicted molar refractivity (Wildman–Crippen MR) is 114 cm³/mol. The zero-order valence-electron chi connectivity index (χ0n) is 17.6. The molecule has 0 aromatic heterocycles. The summed E-state index contributed by atoms with van der Waals surface area (Å²) in [4.78, 5) is 15.4. The Morgan fingerprint density at radius 3 is 2.00 bits per heavy atom. The first-order valence-electron chi connectivity index (χ1n) is 10.2. The molecule has 2 rings (SSSR count). The number of amides is 1. The maximum atomic E-state index is 13.4. The molecule has 6 nitrogen and oxygen atoms in total. The number of piperidine rings is 1. The fraction of sp³-hybridized carbons (Fsp3) is 0.667. The Bertz CT molecular complexity index is 579. The minimum atomic E-state index is 0. The highest BCUT2D eigenvalue weighted by Crippen LogP contribution is 2.39. The molecule has 1 N–H and O–H groups in total. The van der Waals surface area contributed by atoms with Gasteiger partial charge in [0.1, 0.15) is 0 Å². The van der Waals surface area contributed by atoms with Gasteiger partial charge in [-0.15, -0.1) is 12.4 Å². The van der Waals surface area contributed by atoms with Gasteiger partial charge in [0.2, 0.25) is 5.75 Å². The Morgan fingerprint density at radius 1 is 1.00 bits per heavy atom. The molecule has 0 aliphatic carbocycles. The molecule has 1 fully saturated rings. The van der Waals surface area contributed by atoms with Crippen molar-refractivity contribution in [2.24, 2.45) is 0 Å². The number of hydrogen-bond acceptors (Lipinski definition) is 5. The van der Waals surface area contributed by atoms with E-state index < -0.39 is 0 Å². The number of rotatable bonds is 10. The van der Waals surface area contributed by atoms with E-state index in [2.05, 4.69) is 12.2 Å². The van der Waals surface area contributed by atoms with Crippen molar-refractivity contribution in [3.8, 4) is 17.2 Å². The number of halogens is 1. The fourth-order valence-corrected chi connectivity index (χ4v) is 3.49. The van der Waals surface area contributed by atoms with Crippen molar-refractivity contribution in [1.82, 2.24) is 10.2 Å². The summed E-state index contributed by atoms with van der Waals surface area (Å²) in [5.74, 6) is 1.74. The Kier molecular flexibility index (Phi) is 11.1. The second-order valence-corrected chi connectivity index (χ2v) is 6.58. The topological polar surface area (TPSA) is 60.0 Å². The molecule has 1 amide bonds. The van der Waals surface area contributed by atoms with E-state index in [1.807, 2.05) is 25.7 Å². The molecular weight excluding hydrogens is 380 g/mol. The number of nitrogens with zero attached hydrogens (tertiary/aromatic N) is 1. The van der Waals surface area contributed by atoms with Gasteiger partial charge < -0.3 is 24.4 Å². The molecule has 1 aromatic rings. The lowest BCUT2D eigenvalue weighted by Crippen LogP contribution is -2.46.